The topological polar surface area (TPSA) is 26.3 Å². The van der Waals surface area contributed by atoms with Gasteiger partial charge in [0.15, 0.2) is 5.78 Å². The third-order valence-corrected chi connectivity index (χ3v) is 3.21. The lowest BCUT2D eigenvalue weighted by Crippen LogP contribution is -2.29. The Morgan fingerprint density at radius 3 is 2.94 bits per heavy atom. The van der Waals surface area contributed by atoms with Crippen LogP contribution in [-0.4, -0.2) is 18.5 Å². The van der Waals surface area contributed by atoms with Crippen LogP contribution in [0, 0.1) is 5.82 Å². The van der Waals surface area contributed by atoms with Gasteiger partial charge >= 0.3 is 0 Å². The van der Waals surface area contributed by atoms with E-state index in [-0.39, 0.29) is 23.3 Å². The predicted molar refractivity (Wildman–Crippen MR) is 63.7 cm³/mol. The normalized spacial score (nSPS) is 20.2. The number of rotatable bonds is 3. The molecular weight excluding hydrogens is 243 g/mol. The molecule has 2 rings (SSSR count). The summed E-state index contributed by atoms with van der Waals surface area (Å²) in [5, 5.41) is 0.0788. The molecule has 0 radical (unpaired) electrons. The highest BCUT2D eigenvalue weighted by Crippen LogP contribution is 2.19. The largest absolute Gasteiger partial charge is 0.370 e. The summed E-state index contributed by atoms with van der Waals surface area (Å²) in [4.78, 5) is 11.9. The lowest BCUT2D eigenvalue weighted by molar-refractivity contribution is -0.132. The lowest BCUT2D eigenvalue weighted by Gasteiger charge is -2.21. The third-order valence-electron chi connectivity index (χ3n) is 2.90. The number of hydrogen-bond acceptors (Lipinski definition) is 2. The van der Waals surface area contributed by atoms with E-state index in [1.165, 1.54) is 12.1 Å². The van der Waals surface area contributed by atoms with Gasteiger partial charge in [-0.05, 0) is 37.0 Å². The molecule has 1 aliphatic heterocycles. The van der Waals surface area contributed by atoms with E-state index in [0.29, 0.717) is 12.2 Å². The van der Waals surface area contributed by atoms with E-state index in [2.05, 4.69) is 0 Å². The Balaban J connectivity index is 1.99. The molecule has 0 spiro atoms. The molecule has 1 saturated heterocycles. The van der Waals surface area contributed by atoms with Crippen molar-refractivity contribution in [1.82, 2.24) is 0 Å². The van der Waals surface area contributed by atoms with Crippen molar-refractivity contribution in [2.75, 3.05) is 6.61 Å². The predicted octanol–water partition coefficient (Wildman–Crippen LogP) is 3.16. The minimum Gasteiger partial charge on any atom is -0.370 e. The monoisotopic (exact) mass is 256 g/mol. The maximum atomic E-state index is 13.2. The maximum Gasteiger partial charge on any atom is 0.165 e. The molecule has 17 heavy (non-hydrogen) atoms. The molecule has 1 aromatic carbocycles. The van der Waals surface area contributed by atoms with Crippen molar-refractivity contribution in [1.29, 1.82) is 0 Å². The van der Waals surface area contributed by atoms with Crippen LogP contribution in [0.1, 0.15) is 24.8 Å². The molecule has 1 aromatic rings. The minimum atomic E-state index is -0.485. The van der Waals surface area contributed by atoms with Gasteiger partial charge in [-0.25, -0.2) is 4.39 Å². The molecule has 4 heteroatoms. The van der Waals surface area contributed by atoms with Crippen molar-refractivity contribution in [3.8, 4) is 0 Å². The van der Waals surface area contributed by atoms with E-state index in [9.17, 15) is 9.18 Å². The smallest absolute Gasteiger partial charge is 0.165 e. The zero-order chi connectivity index (χ0) is 12.3. The molecule has 92 valence electrons. The summed E-state index contributed by atoms with van der Waals surface area (Å²) in [6, 6.07) is 4.45. The molecule has 1 fully saturated rings. The van der Waals surface area contributed by atoms with Crippen molar-refractivity contribution >= 4 is 17.4 Å². The molecular formula is C13H14ClFO2. The summed E-state index contributed by atoms with van der Waals surface area (Å²) < 4.78 is 18.6. The summed E-state index contributed by atoms with van der Waals surface area (Å²) >= 11 is 5.58. The number of Topliss-reactive ketones (excluding diaryl/α,β-unsaturated/α-hetero) is 1. The first-order valence-corrected chi connectivity index (χ1v) is 6.13. The van der Waals surface area contributed by atoms with Crippen molar-refractivity contribution in [3.63, 3.8) is 0 Å². The zero-order valence-electron chi connectivity index (χ0n) is 9.42. The minimum absolute atomic E-state index is 0.0198. The number of carbonyl (C=O) groups is 1. The van der Waals surface area contributed by atoms with Gasteiger partial charge in [0.1, 0.15) is 11.9 Å². The first-order chi connectivity index (χ1) is 8.16. The Bertz CT molecular complexity index is 414. The van der Waals surface area contributed by atoms with Crippen molar-refractivity contribution in [3.05, 3.63) is 34.6 Å². The highest BCUT2D eigenvalue weighted by Gasteiger charge is 2.21. The van der Waals surface area contributed by atoms with Crippen LogP contribution >= 0.6 is 11.6 Å². The molecule has 1 heterocycles. The van der Waals surface area contributed by atoms with E-state index in [0.717, 1.165) is 19.3 Å². The van der Waals surface area contributed by atoms with Gasteiger partial charge in [-0.15, -0.1) is 0 Å². The second-order valence-electron chi connectivity index (χ2n) is 4.25. The van der Waals surface area contributed by atoms with Gasteiger partial charge in [0.2, 0.25) is 0 Å². The van der Waals surface area contributed by atoms with E-state index in [1.54, 1.807) is 6.07 Å². The Hall–Kier alpha value is -0.930. The molecule has 1 atom stereocenters. The van der Waals surface area contributed by atoms with Crippen LogP contribution in [0.4, 0.5) is 4.39 Å². The van der Waals surface area contributed by atoms with Crippen LogP contribution in [0.3, 0.4) is 0 Å². The summed E-state index contributed by atoms with van der Waals surface area (Å²) in [7, 11) is 0. The quantitative estimate of drug-likeness (QED) is 0.830. The van der Waals surface area contributed by atoms with Crippen LogP contribution in [0.25, 0.3) is 0 Å². The number of benzene rings is 1. The Morgan fingerprint density at radius 2 is 2.29 bits per heavy atom. The lowest BCUT2D eigenvalue weighted by atomic mass is 10.00. The molecule has 0 aromatic heterocycles. The van der Waals surface area contributed by atoms with Crippen LogP contribution < -0.4 is 0 Å². The molecule has 2 nitrogen and oxygen atoms in total. The van der Waals surface area contributed by atoms with Gasteiger partial charge in [0.25, 0.3) is 0 Å². The Morgan fingerprint density at radius 1 is 1.47 bits per heavy atom. The molecule has 0 N–H and O–H groups in total. The SMILES string of the molecule is O=C(Cc1ccc(Cl)c(F)c1)C1CCCCO1. The number of ether oxygens (including phenoxy) is 1. The summed E-state index contributed by atoms with van der Waals surface area (Å²) in [5.41, 5.74) is 0.645. The molecule has 1 unspecified atom stereocenters. The number of carbonyl (C=O) groups excluding carboxylic acids is 1. The van der Waals surface area contributed by atoms with Gasteiger partial charge < -0.3 is 4.74 Å². The highest BCUT2D eigenvalue weighted by molar-refractivity contribution is 6.30. The van der Waals surface area contributed by atoms with E-state index >= 15 is 0 Å². The zero-order valence-corrected chi connectivity index (χ0v) is 10.2. The van der Waals surface area contributed by atoms with Gasteiger partial charge in [0.05, 0.1) is 5.02 Å². The van der Waals surface area contributed by atoms with Crippen LogP contribution in [0.15, 0.2) is 18.2 Å². The second kappa shape index (κ2) is 5.61. The van der Waals surface area contributed by atoms with Crippen molar-refractivity contribution in [2.45, 2.75) is 31.8 Å². The molecule has 0 saturated carbocycles. The van der Waals surface area contributed by atoms with Gasteiger partial charge in [-0.3, -0.25) is 4.79 Å². The first-order valence-electron chi connectivity index (χ1n) is 5.75. The number of halogens is 2. The number of hydrogen-bond donors (Lipinski definition) is 0. The third kappa shape index (κ3) is 3.27. The van der Waals surface area contributed by atoms with E-state index in [4.69, 9.17) is 16.3 Å². The summed E-state index contributed by atoms with van der Waals surface area (Å²) in [5.74, 6) is -0.465. The first kappa shape index (κ1) is 12.5. The van der Waals surface area contributed by atoms with Crippen LogP contribution in [-0.2, 0) is 16.0 Å². The fourth-order valence-corrected chi connectivity index (χ4v) is 2.08. The van der Waals surface area contributed by atoms with Crippen LogP contribution in [0.5, 0.6) is 0 Å². The van der Waals surface area contributed by atoms with Crippen molar-refractivity contribution < 1.29 is 13.9 Å². The standard InChI is InChI=1S/C13H14ClFO2/c14-10-5-4-9(7-11(10)15)8-12(16)13-3-1-2-6-17-13/h4-5,7,13H,1-3,6,8H2. The van der Waals surface area contributed by atoms with Gasteiger partial charge in [-0.2, -0.15) is 0 Å². The van der Waals surface area contributed by atoms with E-state index in [1.807, 2.05) is 0 Å². The second-order valence-corrected chi connectivity index (χ2v) is 4.65. The molecule has 0 aliphatic carbocycles. The van der Waals surface area contributed by atoms with Crippen molar-refractivity contribution in [2.24, 2.45) is 0 Å². The highest BCUT2D eigenvalue weighted by atomic mass is 35.5. The Labute approximate surface area is 105 Å². The average molecular weight is 257 g/mol. The summed E-state index contributed by atoms with van der Waals surface area (Å²) in [6.07, 6.45) is 2.70. The maximum absolute atomic E-state index is 13.2. The van der Waals surface area contributed by atoms with Crippen LogP contribution in [0.2, 0.25) is 5.02 Å². The summed E-state index contributed by atoms with van der Waals surface area (Å²) in [6.45, 7) is 0.644. The number of ketones is 1. The average Bonchev–Trinajstić information content (AvgIpc) is 2.35. The fraction of sp³-hybridized carbons (Fsp3) is 0.462. The van der Waals surface area contributed by atoms with Gasteiger partial charge in [-0.1, -0.05) is 17.7 Å². The molecule has 1 aliphatic rings. The molecule has 0 bridgehead atoms. The Kier molecular flexibility index (Phi) is 4.13. The fourth-order valence-electron chi connectivity index (χ4n) is 1.96. The molecule has 0 amide bonds. The van der Waals surface area contributed by atoms with E-state index < -0.39 is 5.82 Å². The van der Waals surface area contributed by atoms with Gasteiger partial charge in [0, 0.05) is 13.0 Å².